The minimum Gasteiger partial charge on any atom is -0.353 e. The van der Waals surface area contributed by atoms with Crippen LogP contribution >= 0.6 is 58.0 Å². The Hall–Kier alpha value is -3.01. The van der Waals surface area contributed by atoms with Crippen LogP contribution in [0.25, 0.3) is 0 Å². The molecule has 13 heteroatoms. The van der Waals surface area contributed by atoms with Crippen molar-refractivity contribution in [3.05, 3.63) is 116 Å². The van der Waals surface area contributed by atoms with Crippen molar-refractivity contribution >= 4 is 81.2 Å². The van der Waals surface area contributed by atoms with Crippen LogP contribution < -0.4 is 5.32 Å². The lowest BCUT2D eigenvalue weighted by Gasteiger charge is -2.11. The first-order chi connectivity index (χ1) is 19.9. The molecule has 1 heterocycles. The average molecular weight is 673 g/mol. The average Bonchev–Trinajstić information content (AvgIpc) is 3.25. The molecule has 1 aromatic heterocycles. The molecule has 1 N–H and O–H groups in total. The number of anilines is 1. The Bertz CT molecular complexity index is 1730. The summed E-state index contributed by atoms with van der Waals surface area (Å²) in [6.45, 7) is 0. The molecule has 1 amide bonds. The molecule has 0 spiro atoms. The maximum absolute atomic E-state index is 15.2. The number of alkyl halides is 2. The SMILES string of the molecule is O=C(Cc1c(F)ccc(CC(=O)c2cc(NC(=O)[C@H]3[C@H](c4ccc(Cl)c(Cl)c4)C3(Cl)Cl)ccc2Cl)c1F)c1ccno1. The first-order valence-electron chi connectivity index (χ1n) is 12.2. The normalized spacial score (nSPS) is 17.1. The smallest absolute Gasteiger partial charge is 0.231 e. The number of hydrogen-bond acceptors (Lipinski definition) is 5. The van der Waals surface area contributed by atoms with Gasteiger partial charge >= 0.3 is 0 Å². The highest BCUT2D eigenvalue weighted by atomic mass is 35.5. The predicted molar refractivity (Wildman–Crippen MR) is 156 cm³/mol. The van der Waals surface area contributed by atoms with Gasteiger partial charge in [-0.1, -0.05) is 52.1 Å². The third-order valence-corrected chi connectivity index (χ3v) is 8.85. The highest BCUT2D eigenvalue weighted by Crippen LogP contribution is 2.65. The van der Waals surface area contributed by atoms with Crippen LogP contribution in [0.3, 0.4) is 0 Å². The van der Waals surface area contributed by atoms with Crippen LogP contribution in [0.1, 0.15) is 43.5 Å². The molecule has 0 radical (unpaired) electrons. The lowest BCUT2D eigenvalue weighted by molar-refractivity contribution is -0.117. The van der Waals surface area contributed by atoms with Gasteiger partial charge in [0.1, 0.15) is 16.0 Å². The van der Waals surface area contributed by atoms with E-state index in [-0.39, 0.29) is 32.6 Å². The van der Waals surface area contributed by atoms with Gasteiger partial charge in [0, 0.05) is 41.6 Å². The van der Waals surface area contributed by atoms with Gasteiger partial charge in [-0.3, -0.25) is 14.4 Å². The molecule has 1 fully saturated rings. The third-order valence-electron chi connectivity index (χ3n) is 6.84. The number of nitrogens with zero attached hydrogens (tertiary/aromatic N) is 1. The van der Waals surface area contributed by atoms with Crippen LogP contribution in [0.2, 0.25) is 15.1 Å². The van der Waals surface area contributed by atoms with Crippen molar-refractivity contribution in [1.82, 2.24) is 5.16 Å². The minimum absolute atomic E-state index is 0.0164. The topological polar surface area (TPSA) is 89.3 Å². The van der Waals surface area contributed by atoms with Gasteiger partial charge in [-0.05, 0) is 47.5 Å². The summed E-state index contributed by atoms with van der Waals surface area (Å²) in [5, 5.41) is 6.76. The highest BCUT2D eigenvalue weighted by Gasteiger charge is 2.67. The lowest BCUT2D eigenvalue weighted by atomic mass is 9.97. The Labute approximate surface area is 262 Å². The summed E-state index contributed by atoms with van der Waals surface area (Å²) in [5.41, 5.74) is 0.167. The van der Waals surface area contributed by atoms with Crippen molar-refractivity contribution in [2.24, 2.45) is 5.92 Å². The third kappa shape index (κ3) is 6.05. The van der Waals surface area contributed by atoms with Gasteiger partial charge in [0.15, 0.2) is 5.78 Å². The summed E-state index contributed by atoms with van der Waals surface area (Å²) in [7, 11) is 0. The van der Waals surface area contributed by atoms with E-state index in [2.05, 4.69) is 10.5 Å². The molecular formula is C29H17Cl5F2N2O4. The van der Waals surface area contributed by atoms with Crippen molar-refractivity contribution in [3.63, 3.8) is 0 Å². The standard InChI is InChI=1S/C29H17Cl5F2N2O4/c30-18-5-3-15(38-28(41)26-25(29(26,33)34)13-1-4-19(31)20(32)9-13)11-16(18)22(39)10-14-2-6-21(35)17(27(14)36)12-23(40)24-7-8-37-42-24/h1-9,11,25-26H,10,12H2,(H,38,41)/t25-,26+/m0/s1. The van der Waals surface area contributed by atoms with Crippen LogP contribution in [0, 0.1) is 17.6 Å². The molecule has 0 aliphatic heterocycles. The quantitative estimate of drug-likeness (QED) is 0.143. The predicted octanol–water partition coefficient (Wildman–Crippen LogP) is 8.29. The maximum Gasteiger partial charge on any atom is 0.231 e. The van der Waals surface area contributed by atoms with Crippen LogP contribution in [0.15, 0.2) is 65.3 Å². The molecule has 42 heavy (non-hydrogen) atoms. The van der Waals surface area contributed by atoms with E-state index in [0.717, 1.165) is 12.1 Å². The fourth-order valence-corrected chi connectivity index (χ4v) is 5.99. The molecule has 1 saturated carbocycles. The monoisotopic (exact) mass is 670 g/mol. The summed E-state index contributed by atoms with van der Waals surface area (Å²) >= 11 is 31.2. The van der Waals surface area contributed by atoms with Gasteiger partial charge in [-0.2, -0.15) is 0 Å². The number of ketones is 2. The second-order valence-corrected chi connectivity index (χ2v) is 12.2. The van der Waals surface area contributed by atoms with E-state index in [4.69, 9.17) is 62.5 Å². The summed E-state index contributed by atoms with van der Waals surface area (Å²) < 4.78 is 33.0. The fourth-order valence-electron chi connectivity index (χ4n) is 4.63. The van der Waals surface area contributed by atoms with E-state index in [0.29, 0.717) is 10.6 Å². The number of rotatable bonds is 9. The molecule has 0 bridgehead atoms. The Balaban J connectivity index is 1.32. The van der Waals surface area contributed by atoms with E-state index in [1.807, 2.05) is 0 Å². The van der Waals surface area contributed by atoms with E-state index >= 15 is 4.39 Å². The van der Waals surface area contributed by atoms with E-state index < -0.39 is 63.7 Å². The molecule has 4 aromatic rings. The molecule has 0 saturated heterocycles. The van der Waals surface area contributed by atoms with Gasteiger partial charge in [-0.25, -0.2) is 8.78 Å². The van der Waals surface area contributed by atoms with Crippen LogP contribution in [-0.2, 0) is 17.6 Å². The molecule has 1 aliphatic carbocycles. The van der Waals surface area contributed by atoms with Crippen molar-refractivity contribution in [2.75, 3.05) is 5.32 Å². The molecule has 0 unspecified atom stereocenters. The van der Waals surface area contributed by atoms with Crippen molar-refractivity contribution in [3.8, 4) is 0 Å². The number of carbonyl (C=O) groups excluding carboxylic acids is 3. The number of benzene rings is 3. The van der Waals surface area contributed by atoms with Crippen LogP contribution in [0.5, 0.6) is 0 Å². The Morgan fingerprint density at radius 2 is 1.62 bits per heavy atom. The summed E-state index contributed by atoms with van der Waals surface area (Å²) in [6, 6.07) is 12.4. The zero-order valence-corrected chi connectivity index (χ0v) is 24.8. The van der Waals surface area contributed by atoms with Gasteiger partial charge in [0.2, 0.25) is 17.5 Å². The molecule has 1 aliphatic rings. The zero-order chi connectivity index (χ0) is 30.3. The van der Waals surface area contributed by atoms with Crippen molar-refractivity contribution in [1.29, 1.82) is 0 Å². The van der Waals surface area contributed by atoms with Crippen LogP contribution in [0.4, 0.5) is 14.5 Å². The van der Waals surface area contributed by atoms with E-state index in [1.54, 1.807) is 18.2 Å². The van der Waals surface area contributed by atoms with E-state index in [1.165, 1.54) is 30.5 Å². The summed E-state index contributed by atoms with van der Waals surface area (Å²) in [4.78, 5) is 38.6. The van der Waals surface area contributed by atoms with Crippen LogP contribution in [-0.4, -0.2) is 27.0 Å². The highest BCUT2D eigenvalue weighted by molar-refractivity contribution is 6.53. The van der Waals surface area contributed by atoms with Gasteiger partial charge in [0.25, 0.3) is 0 Å². The molecule has 5 rings (SSSR count). The Morgan fingerprint density at radius 1 is 0.881 bits per heavy atom. The molecule has 216 valence electrons. The number of halogens is 7. The molecule has 3 aromatic carbocycles. The fraction of sp³-hybridized carbons (Fsp3) is 0.172. The first kappa shape index (κ1) is 30.4. The van der Waals surface area contributed by atoms with Gasteiger partial charge in [-0.15, -0.1) is 23.2 Å². The van der Waals surface area contributed by atoms with Crippen molar-refractivity contribution < 1.29 is 27.7 Å². The lowest BCUT2D eigenvalue weighted by Crippen LogP contribution is -2.17. The number of hydrogen-bond donors (Lipinski definition) is 1. The second-order valence-electron chi connectivity index (χ2n) is 9.56. The number of carbonyl (C=O) groups is 3. The molecular weight excluding hydrogens is 656 g/mol. The largest absolute Gasteiger partial charge is 0.353 e. The van der Waals surface area contributed by atoms with Gasteiger partial charge in [0.05, 0.1) is 27.2 Å². The number of nitrogens with one attached hydrogen (secondary N) is 1. The zero-order valence-electron chi connectivity index (χ0n) is 21.1. The van der Waals surface area contributed by atoms with Crippen molar-refractivity contribution in [2.45, 2.75) is 23.1 Å². The maximum atomic E-state index is 15.2. The number of amides is 1. The first-order valence-corrected chi connectivity index (χ1v) is 14.1. The summed E-state index contributed by atoms with van der Waals surface area (Å²) in [5.74, 6) is -5.35. The van der Waals surface area contributed by atoms with Gasteiger partial charge < -0.3 is 9.84 Å². The molecule has 6 nitrogen and oxygen atoms in total. The number of Topliss-reactive ketones (excluding diaryl/α,β-unsaturated/α-hetero) is 2. The Morgan fingerprint density at radius 3 is 2.31 bits per heavy atom. The minimum atomic E-state index is -1.40. The van der Waals surface area contributed by atoms with E-state index in [9.17, 15) is 18.8 Å². The Kier molecular flexibility index (Phi) is 8.65. The summed E-state index contributed by atoms with van der Waals surface area (Å²) in [6.07, 6.45) is 0.0983. The molecule has 2 atom stereocenters. The number of aromatic nitrogens is 1. The second kappa shape index (κ2) is 11.9.